The summed E-state index contributed by atoms with van der Waals surface area (Å²) in [6.07, 6.45) is 0.0584. The van der Waals surface area contributed by atoms with Gasteiger partial charge in [0.2, 0.25) is 0 Å². The van der Waals surface area contributed by atoms with Gasteiger partial charge in [-0.2, -0.15) is 0 Å². The maximum atomic E-state index is 13.4. The number of alkyl halides is 1. The molecule has 2 aliphatic rings. The molecular formula is C8H12FNO2. The van der Waals surface area contributed by atoms with Gasteiger partial charge in [-0.3, -0.25) is 4.79 Å². The van der Waals surface area contributed by atoms with Crippen molar-refractivity contribution in [2.24, 2.45) is 5.41 Å². The van der Waals surface area contributed by atoms with E-state index in [0.29, 0.717) is 19.4 Å². The molecule has 0 saturated carbocycles. The first kappa shape index (κ1) is 7.98. The lowest BCUT2D eigenvalue weighted by Crippen LogP contribution is -2.49. The summed E-state index contributed by atoms with van der Waals surface area (Å²) in [5.74, 6) is -0.337. The number of hydrogen-bond acceptors (Lipinski definition) is 3. The van der Waals surface area contributed by atoms with E-state index in [1.807, 2.05) is 0 Å². The second kappa shape index (κ2) is 2.69. The van der Waals surface area contributed by atoms with Crippen LogP contribution in [0.5, 0.6) is 0 Å². The summed E-state index contributed by atoms with van der Waals surface area (Å²) in [5.41, 5.74) is -0.800. The van der Waals surface area contributed by atoms with E-state index < -0.39 is 11.6 Å². The number of ether oxygens (including phenoxy) is 1. The standard InChI is InChI=1S/C8H12FNO2/c9-6-5-10-3-1-8(6)2-4-12-7(8)11/h6,10H,1-5H2/t6-,8+/m1/s1. The number of carbonyl (C=O) groups excluding carboxylic acids is 1. The van der Waals surface area contributed by atoms with Crippen LogP contribution in [-0.2, 0) is 9.53 Å². The largest absolute Gasteiger partial charge is 0.465 e. The van der Waals surface area contributed by atoms with E-state index in [1.165, 1.54) is 0 Å². The Morgan fingerprint density at radius 2 is 2.42 bits per heavy atom. The molecule has 0 aromatic heterocycles. The first-order valence-corrected chi connectivity index (χ1v) is 4.28. The van der Waals surface area contributed by atoms with Crippen molar-refractivity contribution in [2.45, 2.75) is 19.0 Å². The zero-order valence-electron chi connectivity index (χ0n) is 6.81. The second-order valence-corrected chi connectivity index (χ2v) is 3.46. The van der Waals surface area contributed by atoms with Crippen LogP contribution < -0.4 is 5.32 Å². The van der Waals surface area contributed by atoms with Crippen LogP contribution in [0.3, 0.4) is 0 Å². The molecule has 12 heavy (non-hydrogen) atoms. The van der Waals surface area contributed by atoms with Gasteiger partial charge in [-0.25, -0.2) is 4.39 Å². The summed E-state index contributed by atoms with van der Waals surface area (Å²) in [5, 5.41) is 2.92. The van der Waals surface area contributed by atoms with Crippen LogP contribution in [0.15, 0.2) is 0 Å². The Morgan fingerprint density at radius 1 is 1.58 bits per heavy atom. The summed E-state index contributed by atoms with van der Waals surface area (Å²) in [7, 11) is 0. The Labute approximate surface area is 70.3 Å². The summed E-state index contributed by atoms with van der Waals surface area (Å²) in [4.78, 5) is 11.3. The van der Waals surface area contributed by atoms with Gasteiger partial charge in [0.15, 0.2) is 0 Å². The molecule has 2 aliphatic heterocycles. The highest BCUT2D eigenvalue weighted by atomic mass is 19.1. The van der Waals surface area contributed by atoms with Crippen molar-refractivity contribution in [1.29, 1.82) is 0 Å². The third-order valence-electron chi connectivity index (χ3n) is 2.86. The minimum absolute atomic E-state index is 0.287. The molecule has 0 aliphatic carbocycles. The number of nitrogens with one attached hydrogen (secondary N) is 1. The molecule has 2 saturated heterocycles. The Bertz CT molecular complexity index is 209. The number of esters is 1. The van der Waals surface area contributed by atoms with Crippen LogP contribution in [0.2, 0.25) is 0 Å². The maximum Gasteiger partial charge on any atom is 0.315 e. The molecule has 0 amide bonds. The van der Waals surface area contributed by atoms with Crippen LogP contribution in [-0.4, -0.2) is 31.8 Å². The van der Waals surface area contributed by atoms with Gasteiger partial charge >= 0.3 is 5.97 Å². The number of carbonyl (C=O) groups is 1. The lowest BCUT2D eigenvalue weighted by molar-refractivity contribution is -0.150. The van der Waals surface area contributed by atoms with Crippen molar-refractivity contribution in [3.8, 4) is 0 Å². The SMILES string of the molecule is O=C1OCC[C@]12CCNC[C@H]2F. The highest BCUT2D eigenvalue weighted by Gasteiger charge is 2.52. The predicted molar refractivity (Wildman–Crippen MR) is 40.4 cm³/mol. The fourth-order valence-corrected chi connectivity index (χ4v) is 1.98. The zero-order chi connectivity index (χ0) is 8.60. The smallest absolute Gasteiger partial charge is 0.315 e. The zero-order valence-corrected chi connectivity index (χ0v) is 6.81. The topological polar surface area (TPSA) is 38.3 Å². The molecule has 2 atom stereocenters. The highest BCUT2D eigenvalue weighted by Crippen LogP contribution is 2.40. The molecule has 3 nitrogen and oxygen atoms in total. The number of rotatable bonds is 0. The molecule has 0 bridgehead atoms. The van der Waals surface area contributed by atoms with Gasteiger partial charge in [0.25, 0.3) is 0 Å². The number of hydrogen-bond donors (Lipinski definition) is 1. The van der Waals surface area contributed by atoms with Gasteiger partial charge in [-0.15, -0.1) is 0 Å². The third-order valence-corrected chi connectivity index (χ3v) is 2.86. The number of cyclic esters (lactones) is 1. The van der Waals surface area contributed by atoms with Gasteiger partial charge in [-0.05, 0) is 13.0 Å². The van der Waals surface area contributed by atoms with Gasteiger partial charge < -0.3 is 10.1 Å². The highest BCUT2D eigenvalue weighted by molar-refractivity contribution is 5.79. The first-order valence-electron chi connectivity index (χ1n) is 4.28. The van der Waals surface area contributed by atoms with E-state index in [1.54, 1.807) is 0 Å². The normalized spacial score (nSPS) is 41.8. The monoisotopic (exact) mass is 173 g/mol. The minimum atomic E-state index is -1.07. The Kier molecular flexibility index (Phi) is 1.79. The molecule has 2 heterocycles. The molecule has 0 radical (unpaired) electrons. The molecule has 1 N–H and O–H groups in total. The van der Waals surface area contributed by atoms with Crippen molar-refractivity contribution in [3.63, 3.8) is 0 Å². The average molecular weight is 173 g/mol. The Hall–Kier alpha value is -0.640. The predicted octanol–water partition coefficient (Wildman–Crippen LogP) is 0.251. The summed E-state index contributed by atoms with van der Waals surface area (Å²) in [6, 6.07) is 0. The fraction of sp³-hybridized carbons (Fsp3) is 0.875. The van der Waals surface area contributed by atoms with E-state index in [0.717, 1.165) is 6.54 Å². The number of halogens is 1. The van der Waals surface area contributed by atoms with Crippen LogP contribution in [0, 0.1) is 5.41 Å². The van der Waals surface area contributed by atoms with E-state index >= 15 is 0 Å². The second-order valence-electron chi connectivity index (χ2n) is 3.46. The molecule has 2 fully saturated rings. The van der Waals surface area contributed by atoms with Crippen LogP contribution in [0.25, 0.3) is 0 Å². The molecule has 0 aromatic carbocycles. The Balaban J connectivity index is 2.21. The number of piperidine rings is 1. The Morgan fingerprint density at radius 3 is 3.00 bits per heavy atom. The lowest BCUT2D eigenvalue weighted by Gasteiger charge is -2.32. The van der Waals surface area contributed by atoms with Crippen molar-refractivity contribution in [1.82, 2.24) is 5.32 Å². The van der Waals surface area contributed by atoms with E-state index in [9.17, 15) is 9.18 Å². The van der Waals surface area contributed by atoms with Crippen LogP contribution >= 0.6 is 0 Å². The first-order chi connectivity index (χ1) is 5.76. The molecule has 1 spiro atoms. The third kappa shape index (κ3) is 0.941. The van der Waals surface area contributed by atoms with Crippen molar-refractivity contribution in [3.05, 3.63) is 0 Å². The molecular weight excluding hydrogens is 161 g/mol. The molecule has 68 valence electrons. The van der Waals surface area contributed by atoms with Gasteiger partial charge in [-0.1, -0.05) is 0 Å². The van der Waals surface area contributed by atoms with Crippen molar-refractivity contribution < 1.29 is 13.9 Å². The summed E-state index contributed by atoms with van der Waals surface area (Å²) < 4.78 is 18.2. The van der Waals surface area contributed by atoms with Gasteiger partial charge in [0, 0.05) is 13.0 Å². The van der Waals surface area contributed by atoms with E-state index in [4.69, 9.17) is 4.74 Å². The van der Waals surface area contributed by atoms with Crippen LogP contribution in [0.1, 0.15) is 12.8 Å². The van der Waals surface area contributed by atoms with Crippen molar-refractivity contribution in [2.75, 3.05) is 19.7 Å². The van der Waals surface area contributed by atoms with Gasteiger partial charge in [0.05, 0.1) is 6.61 Å². The van der Waals surface area contributed by atoms with Crippen LogP contribution in [0.4, 0.5) is 4.39 Å². The molecule has 0 unspecified atom stereocenters. The van der Waals surface area contributed by atoms with Gasteiger partial charge in [0.1, 0.15) is 11.6 Å². The average Bonchev–Trinajstić information content (AvgIpc) is 2.41. The summed E-state index contributed by atoms with van der Waals surface area (Å²) in [6.45, 7) is 1.39. The maximum absolute atomic E-state index is 13.4. The minimum Gasteiger partial charge on any atom is -0.465 e. The quantitative estimate of drug-likeness (QED) is 0.534. The fourth-order valence-electron chi connectivity index (χ4n) is 1.98. The van der Waals surface area contributed by atoms with Crippen molar-refractivity contribution >= 4 is 5.97 Å². The summed E-state index contributed by atoms with van der Waals surface area (Å²) >= 11 is 0. The van der Waals surface area contributed by atoms with E-state index in [-0.39, 0.29) is 12.5 Å². The lowest BCUT2D eigenvalue weighted by atomic mass is 9.76. The molecule has 2 rings (SSSR count). The molecule has 4 heteroatoms. The van der Waals surface area contributed by atoms with E-state index in [2.05, 4.69) is 5.32 Å². The molecule has 0 aromatic rings.